The number of likely N-dealkylation sites (N-methyl/N-ethyl adjacent to an activating group) is 2. The minimum absolute atomic E-state index is 0.428. The highest BCUT2D eigenvalue weighted by Crippen LogP contribution is 2.49. The van der Waals surface area contributed by atoms with Crippen molar-refractivity contribution in [2.75, 3.05) is 28.2 Å². The van der Waals surface area contributed by atoms with Crippen molar-refractivity contribution in [1.29, 1.82) is 0 Å². The average Bonchev–Trinajstić information content (AvgIpc) is 2.65. The first-order chi connectivity index (χ1) is 12.4. The maximum atomic E-state index is 2.32. The van der Waals surface area contributed by atoms with Gasteiger partial charge in [0.2, 0.25) is 0 Å². The van der Waals surface area contributed by atoms with Crippen LogP contribution in [0.4, 0.5) is 0 Å². The van der Waals surface area contributed by atoms with Crippen LogP contribution in [0.25, 0.3) is 0 Å². The fourth-order valence-electron chi connectivity index (χ4n) is 2.78. The van der Waals surface area contributed by atoms with Gasteiger partial charge in [0.15, 0.2) is 0 Å². The number of benzene rings is 2. The van der Waals surface area contributed by atoms with Crippen LogP contribution in [0.2, 0.25) is 0 Å². The van der Waals surface area contributed by atoms with Gasteiger partial charge in [0.1, 0.15) is 0 Å². The highest BCUT2D eigenvalue weighted by Gasteiger charge is 2.27. The van der Waals surface area contributed by atoms with Crippen molar-refractivity contribution < 1.29 is 0 Å². The Morgan fingerprint density at radius 3 is 1.15 bits per heavy atom. The smallest absolute Gasteiger partial charge is 0.0553 e. The summed E-state index contributed by atoms with van der Waals surface area (Å²) in [6, 6.07) is 22.7. The van der Waals surface area contributed by atoms with Gasteiger partial charge in [0.25, 0.3) is 0 Å². The van der Waals surface area contributed by atoms with E-state index in [9.17, 15) is 0 Å². The van der Waals surface area contributed by atoms with Crippen LogP contribution in [0.3, 0.4) is 0 Å². The Morgan fingerprint density at radius 1 is 0.577 bits per heavy atom. The second-order valence-electron chi connectivity index (χ2n) is 7.26. The third-order valence-electron chi connectivity index (χ3n) is 5.02. The van der Waals surface area contributed by atoms with E-state index in [0.29, 0.717) is 22.6 Å². The lowest BCUT2D eigenvalue weighted by Gasteiger charge is -2.33. The maximum absolute atomic E-state index is 2.32. The summed E-state index contributed by atoms with van der Waals surface area (Å²) in [5.41, 5.74) is 2.80. The molecule has 0 unspecified atom stereocenters. The van der Waals surface area contributed by atoms with E-state index in [-0.39, 0.29) is 0 Å². The standard InChI is InChI=1S/C22H32N2S2/c1-17(23(3)4)21(19-13-9-7-10-14-19)25-26-22(18(2)24(5)6)20-15-11-8-12-16-20/h7-18,21-22H,1-6H3/t17-,18-,21+,22+/m1/s1. The van der Waals surface area contributed by atoms with E-state index in [0.717, 1.165) is 0 Å². The summed E-state index contributed by atoms with van der Waals surface area (Å²) in [7, 11) is 12.7. The third-order valence-corrected chi connectivity index (χ3v) is 8.46. The van der Waals surface area contributed by atoms with E-state index in [1.54, 1.807) is 0 Å². The van der Waals surface area contributed by atoms with Gasteiger partial charge >= 0.3 is 0 Å². The van der Waals surface area contributed by atoms with E-state index in [1.807, 2.05) is 21.6 Å². The van der Waals surface area contributed by atoms with Gasteiger partial charge in [-0.25, -0.2) is 0 Å². The van der Waals surface area contributed by atoms with E-state index >= 15 is 0 Å². The quantitative estimate of drug-likeness (QED) is 0.504. The van der Waals surface area contributed by atoms with Crippen molar-refractivity contribution in [3.63, 3.8) is 0 Å². The lowest BCUT2D eigenvalue weighted by molar-refractivity contribution is 0.307. The van der Waals surface area contributed by atoms with Gasteiger partial charge in [-0.1, -0.05) is 82.3 Å². The SMILES string of the molecule is C[C@H]([C@H](SS[C@H](c1ccccc1)[C@@H](C)N(C)C)c1ccccc1)N(C)C. The molecule has 0 aliphatic rings. The molecule has 0 fully saturated rings. The number of nitrogens with zero attached hydrogens (tertiary/aromatic N) is 2. The Hall–Kier alpha value is -0.940. The summed E-state index contributed by atoms with van der Waals surface area (Å²) in [5.74, 6) is 0. The molecule has 0 aromatic heterocycles. The van der Waals surface area contributed by atoms with Crippen LogP contribution in [-0.2, 0) is 0 Å². The minimum atomic E-state index is 0.428. The van der Waals surface area contributed by atoms with Crippen LogP contribution in [0.5, 0.6) is 0 Å². The van der Waals surface area contributed by atoms with Crippen molar-refractivity contribution >= 4 is 21.6 Å². The van der Waals surface area contributed by atoms with Crippen molar-refractivity contribution in [3.05, 3.63) is 71.8 Å². The number of hydrogen-bond acceptors (Lipinski definition) is 4. The molecule has 0 amide bonds. The number of hydrogen-bond donors (Lipinski definition) is 0. The van der Waals surface area contributed by atoms with Crippen molar-refractivity contribution in [2.45, 2.75) is 36.4 Å². The molecule has 0 radical (unpaired) electrons. The van der Waals surface area contributed by atoms with Gasteiger partial charge in [-0.3, -0.25) is 0 Å². The van der Waals surface area contributed by atoms with Crippen LogP contribution < -0.4 is 0 Å². The molecule has 2 nitrogen and oxygen atoms in total. The molecule has 142 valence electrons. The van der Waals surface area contributed by atoms with Crippen LogP contribution in [0, 0.1) is 0 Å². The maximum Gasteiger partial charge on any atom is 0.0553 e. The van der Waals surface area contributed by atoms with E-state index < -0.39 is 0 Å². The molecular formula is C22H32N2S2. The lowest BCUT2D eigenvalue weighted by Crippen LogP contribution is -2.31. The van der Waals surface area contributed by atoms with Crippen LogP contribution >= 0.6 is 21.6 Å². The van der Waals surface area contributed by atoms with Crippen molar-refractivity contribution in [1.82, 2.24) is 9.80 Å². The Balaban J connectivity index is 2.22. The summed E-state index contributed by atoms with van der Waals surface area (Å²) in [5, 5.41) is 0.855. The molecule has 0 heterocycles. The third kappa shape index (κ3) is 5.78. The summed E-state index contributed by atoms with van der Waals surface area (Å²) in [6.07, 6.45) is 0. The summed E-state index contributed by atoms with van der Waals surface area (Å²) in [6.45, 7) is 4.64. The fraction of sp³-hybridized carbons (Fsp3) is 0.455. The first-order valence-electron chi connectivity index (χ1n) is 9.16. The molecule has 2 aromatic carbocycles. The normalized spacial score (nSPS) is 16.5. The van der Waals surface area contributed by atoms with Crippen LogP contribution in [0.1, 0.15) is 35.5 Å². The molecule has 0 aliphatic carbocycles. The molecule has 2 aromatic rings. The Morgan fingerprint density at radius 2 is 0.885 bits per heavy atom. The minimum Gasteiger partial charge on any atom is -0.305 e. The Bertz CT molecular complexity index is 574. The highest BCUT2D eigenvalue weighted by atomic mass is 33.1. The Kier molecular flexibility index (Phi) is 8.55. The second kappa shape index (κ2) is 10.4. The molecule has 4 atom stereocenters. The van der Waals surface area contributed by atoms with Gasteiger partial charge in [-0.05, 0) is 53.2 Å². The molecule has 0 aliphatic heterocycles. The monoisotopic (exact) mass is 388 g/mol. The molecule has 0 bridgehead atoms. The number of rotatable bonds is 9. The molecule has 0 saturated carbocycles. The van der Waals surface area contributed by atoms with Gasteiger partial charge in [0.05, 0.1) is 10.5 Å². The fourth-order valence-corrected chi connectivity index (χ4v) is 6.71. The second-order valence-corrected chi connectivity index (χ2v) is 9.82. The topological polar surface area (TPSA) is 6.48 Å². The molecule has 2 rings (SSSR count). The van der Waals surface area contributed by atoms with Gasteiger partial charge in [0, 0.05) is 12.1 Å². The first-order valence-corrected chi connectivity index (χ1v) is 11.4. The summed E-state index contributed by atoms with van der Waals surface area (Å²) >= 11 is 0. The zero-order chi connectivity index (χ0) is 19.1. The predicted molar refractivity (Wildman–Crippen MR) is 120 cm³/mol. The van der Waals surface area contributed by atoms with Crippen molar-refractivity contribution in [3.8, 4) is 0 Å². The summed E-state index contributed by atoms with van der Waals surface area (Å²) < 4.78 is 0. The van der Waals surface area contributed by atoms with Gasteiger partial charge in [-0.15, -0.1) is 0 Å². The van der Waals surface area contributed by atoms with Crippen molar-refractivity contribution in [2.24, 2.45) is 0 Å². The molecule has 26 heavy (non-hydrogen) atoms. The van der Waals surface area contributed by atoms with E-state index in [1.165, 1.54) is 11.1 Å². The van der Waals surface area contributed by atoms with Crippen LogP contribution in [0.15, 0.2) is 60.7 Å². The lowest BCUT2D eigenvalue weighted by atomic mass is 10.1. The zero-order valence-corrected chi connectivity index (χ0v) is 18.4. The van der Waals surface area contributed by atoms with Gasteiger partial charge < -0.3 is 9.80 Å². The molecule has 4 heteroatoms. The predicted octanol–water partition coefficient (Wildman–Crippen LogP) is 5.75. The highest BCUT2D eigenvalue weighted by molar-refractivity contribution is 8.76. The average molecular weight is 389 g/mol. The Labute approximate surface area is 167 Å². The molecule has 0 spiro atoms. The first kappa shape index (κ1) is 21.4. The molecule has 0 N–H and O–H groups in total. The molecular weight excluding hydrogens is 356 g/mol. The largest absolute Gasteiger partial charge is 0.305 e. The van der Waals surface area contributed by atoms with E-state index in [4.69, 9.17) is 0 Å². The van der Waals surface area contributed by atoms with Crippen LogP contribution in [-0.4, -0.2) is 50.1 Å². The van der Waals surface area contributed by atoms with Gasteiger partial charge in [-0.2, -0.15) is 0 Å². The molecule has 0 saturated heterocycles. The zero-order valence-electron chi connectivity index (χ0n) is 16.8. The summed E-state index contributed by atoms with van der Waals surface area (Å²) in [4.78, 5) is 4.64. The van der Waals surface area contributed by atoms with E-state index in [2.05, 4.69) is 113 Å².